The number of pyridine rings is 3. The van der Waals surface area contributed by atoms with E-state index in [4.69, 9.17) is 11.6 Å². The minimum absolute atomic E-state index is 0.402. The molecule has 4 aromatic rings. The fourth-order valence-electron chi connectivity index (χ4n) is 2.94. The Morgan fingerprint density at radius 2 is 1.69 bits per heavy atom. The lowest BCUT2D eigenvalue weighted by molar-refractivity contribution is 0.607. The molecular weight excluding hydrogens is 410 g/mol. The lowest BCUT2D eigenvalue weighted by Gasteiger charge is -2.11. The van der Waals surface area contributed by atoms with E-state index in [0.29, 0.717) is 10.7 Å². The number of benzene rings is 1. The van der Waals surface area contributed by atoms with E-state index in [-0.39, 0.29) is 0 Å². The molecule has 0 fully saturated rings. The maximum absolute atomic E-state index is 11.5. The Balaban J connectivity index is 1.75. The number of rotatable bonds is 5. The van der Waals surface area contributed by atoms with Gasteiger partial charge in [0.1, 0.15) is 0 Å². The van der Waals surface area contributed by atoms with Crippen LogP contribution in [0.25, 0.3) is 22.0 Å². The van der Waals surface area contributed by atoms with E-state index in [9.17, 15) is 8.42 Å². The van der Waals surface area contributed by atoms with Crippen LogP contribution in [0, 0.1) is 0 Å². The Kier molecular flexibility index (Phi) is 5.04. The van der Waals surface area contributed by atoms with Gasteiger partial charge < -0.3 is 5.32 Å². The average Bonchev–Trinajstić information content (AvgIpc) is 2.67. The summed E-state index contributed by atoms with van der Waals surface area (Å²) in [5.41, 5.74) is 4.48. The minimum Gasteiger partial charge on any atom is -0.354 e. The van der Waals surface area contributed by atoms with Crippen LogP contribution in [0.5, 0.6) is 0 Å². The molecule has 0 bridgehead atoms. The first kappa shape index (κ1) is 19.1. The number of anilines is 3. The molecule has 3 aromatic heterocycles. The standard InChI is InChI=1S/C20H16ClN5O2S/c1-29(27,28)26-17-6-14(9-22-12-17)13-2-3-19-18(7-13)20(4-5-24-19)25-16-8-15(21)10-23-11-16/h2-12,26H,1H3,(H,24,25). The first-order valence-corrected chi connectivity index (χ1v) is 10.8. The highest BCUT2D eigenvalue weighted by Gasteiger charge is 2.08. The van der Waals surface area contributed by atoms with Crippen molar-refractivity contribution in [1.82, 2.24) is 15.0 Å². The molecule has 0 atom stereocenters. The molecule has 7 nitrogen and oxygen atoms in total. The van der Waals surface area contributed by atoms with Gasteiger partial charge in [-0.15, -0.1) is 0 Å². The number of hydrogen-bond acceptors (Lipinski definition) is 6. The first-order valence-electron chi connectivity index (χ1n) is 8.57. The van der Waals surface area contributed by atoms with Crippen LogP contribution >= 0.6 is 11.6 Å². The van der Waals surface area contributed by atoms with Gasteiger partial charge in [-0.05, 0) is 35.9 Å². The quantitative estimate of drug-likeness (QED) is 0.490. The second kappa shape index (κ2) is 7.65. The molecule has 0 spiro atoms. The van der Waals surface area contributed by atoms with E-state index < -0.39 is 10.0 Å². The van der Waals surface area contributed by atoms with Crippen LogP contribution in [-0.2, 0) is 10.0 Å². The second-order valence-electron chi connectivity index (χ2n) is 6.44. The summed E-state index contributed by atoms with van der Waals surface area (Å²) in [5.74, 6) is 0. The van der Waals surface area contributed by atoms with Gasteiger partial charge in [0, 0.05) is 35.2 Å². The van der Waals surface area contributed by atoms with E-state index in [1.165, 1.54) is 6.20 Å². The van der Waals surface area contributed by atoms with Gasteiger partial charge >= 0.3 is 0 Å². The molecule has 2 N–H and O–H groups in total. The van der Waals surface area contributed by atoms with E-state index >= 15 is 0 Å². The van der Waals surface area contributed by atoms with Gasteiger partial charge in [0.05, 0.1) is 40.6 Å². The normalized spacial score (nSPS) is 11.4. The van der Waals surface area contributed by atoms with Crippen molar-refractivity contribution in [2.75, 3.05) is 16.3 Å². The maximum atomic E-state index is 11.5. The number of nitrogens with one attached hydrogen (secondary N) is 2. The topological polar surface area (TPSA) is 96.9 Å². The average molecular weight is 426 g/mol. The predicted molar refractivity (Wildman–Crippen MR) is 116 cm³/mol. The van der Waals surface area contributed by atoms with Crippen molar-refractivity contribution in [1.29, 1.82) is 0 Å². The summed E-state index contributed by atoms with van der Waals surface area (Å²) in [6.45, 7) is 0. The molecule has 9 heteroatoms. The first-order chi connectivity index (χ1) is 13.9. The fraction of sp³-hybridized carbons (Fsp3) is 0.0500. The van der Waals surface area contributed by atoms with Crippen molar-refractivity contribution in [3.63, 3.8) is 0 Å². The number of hydrogen-bond donors (Lipinski definition) is 2. The Morgan fingerprint density at radius 1 is 0.897 bits per heavy atom. The monoisotopic (exact) mass is 425 g/mol. The van der Waals surface area contributed by atoms with Crippen LogP contribution in [0.2, 0.25) is 5.02 Å². The Labute approximate surface area is 172 Å². The summed E-state index contributed by atoms with van der Waals surface area (Å²) in [4.78, 5) is 12.6. The van der Waals surface area contributed by atoms with Gasteiger partial charge in [0.2, 0.25) is 10.0 Å². The molecule has 4 rings (SSSR count). The number of aromatic nitrogens is 3. The van der Waals surface area contributed by atoms with Crippen molar-refractivity contribution in [2.24, 2.45) is 0 Å². The summed E-state index contributed by atoms with van der Waals surface area (Å²) in [7, 11) is -3.38. The van der Waals surface area contributed by atoms with Gasteiger partial charge in [-0.25, -0.2) is 8.42 Å². The van der Waals surface area contributed by atoms with Crippen molar-refractivity contribution in [2.45, 2.75) is 0 Å². The summed E-state index contributed by atoms with van der Waals surface area (Å²) in [5, 5.41) is 4.75. The number of sulfonamides is 1. The highest BCUT2D eigenvalue weighted by Crippen LogP contribution is 2.30. The van der Waals surface area contributed by atoms with E-state index in [0.717, 1.165) is 39.7 Å². The Bertz CT molecular complexity index is 1310. The Morgan fingerprint density at radius 3 is 2.48 bits per heavy atom. The fourth-order valence-corrected chi connectivity index (χ4v) is 3.65. The molecule has 0 saturated carbocycles. The highest BCUT2D eigenvalue weighted by molar-refractivity contribution is 7.92. The predicted octanol–water partition coefficient (Wildman–Crippen LogP) is 4.46. The zero-order valence-electron chi connectivity index (χ0n) is 15.3. The Hall–Kier alpha value is -3.23. The van der Waals surface area contributed by atoms with Crippen LogP contribution in [0.1, 0.15) is 0 Å². The molecule has 0 saturated heterocycles. The van der Waals surface area contributed by atoms with Crippen LogP contribution in [0.15, 0.2) is 67.4 Å². The SMILES string of the molecule is CS(=O)(=O)Nc1cncc(-c2ccc3nccc(Nc4cncc(Cl)c4)c3c2)c1. The van der Waals surface area contributed by atoms with Crippen molar-refractivity contribution in [3.05, 3.63) is 72.4 Å². The van der Waals surface area contributed by atoms with Gasteiger partial charge in [0.15, 0.2) is 0 Å². The lowest BCUT2D eigenvalue weighted by Crippen LogP contribution is -2.09. The maximum Gasteiger partial charge on any atom is 0.229 e. The van der Waals surface area contributed by atoms with Crippen LogP contribution in [-0.4, -0.2) is 29.6 Å². The minimum atomic E-state index is -3.38. The van der Waals surface area contributed by atoms with E-state index in [1.54, 1.807) is 36.9 Å². The smallest absolute Gasteiger partial charge is 0.229 e. The zero-order chi connectivity index (χ0) is 20.4. The van der Waals surface area contributed by atoms with Gasteiger partial charge in [-0.1, -0.05) is 17.7 Å². The van der Waals surface area contributed by atoms with Crippen LogP contribution in [0.4, 0.5) is 17.1 Å². The number of halogens is 1. The largest absolute Gasteiger partial charge is 0.354 e. The summed E-state index contributed by atoms with van der Waals surface area (Å²) < 4.78 is 25.4. The molecule has 0 unspecified atom stereocenters. The molecule has 0 aliphatic carbocycles. The van der Waals surface area contributed by atoms with E-state index in [1.807, 2.05) is 24.3 Å². The van der Waals surface area contributed by atoms with Crippen LogP contribution < -0.4 is 10.0 Å². The molecule has 1 aromatic carbocycles. The molecule has 3 heterocycles. The molecule has 29 heavy (non-hydrogen) atoms. The van der Waals surface area contributed by atoms with Crippen LogP contribution in [0.3, 0.4) is 0 Å². The highest BCUT2D eigenvalue weighted by atomic mass is 35.5. The van der Waals surface area contributed by atoms with Crippen molar-refractivity contribution < 1.29 is 8.42 Å². The molecular formula is C20H16ClN5O2S. The van der Waals surface area contributed by atoms with Gasteiger partial charge in [-0.3, -0.25) is 19.7 Å². The molecule has 0 radical (unpaired) electrons. The zero-order valence-corrected chi connectivity index (χ0v) is 16.9. The third-order valence-electron chi connectivity index (χ3n) is 4.10. The molecule has 0 aliphatic rings. The summed E-state index contributed by atoms with van der Waals surface area (Å²) in [6.07, 6.45) is 9.22. The summed E-state index contributed by atoms with van der Waals surface area (Å²) in [6, 6.07) is 11.2. The third-order valence-corrected chi connectivity index (χ3v) is 4.91. The second-order valence-corrected chi connectivity index (χ2v) is 8.63. The number of nitrogens with zero attached hydrogens (tertiary/aromatic N) is 3. The van der Waals surface area contributed by atoms with Crippen molar-refractivity contribution >= 4 is 49.6 Å². The van der Waals surface area contributed by atoms with E-state index in [2.05, 4.69) is 25.0 Å². The van der Waals surface area contributed by atoms with Gasteiger partial charge in [-0.2, -0.15) is 0 Å². The molecule has 0 aliphatic heterocycles. The molecule has 146 valence electrons. The van der Waals surface area contributed by atoms with Gasteiger partial charge in [0.25, 0.3) is 0 Å². The third kappa shape index (κ3) is 4.61. The lowest BCUT2D eigenvalue weighted by atomic mass is 10.0. The number of fused-ring (bicyclic) bond motifs is 1. The van der Waals surface area contributed by atoms with Crippen molar-refractivity contribution in [3.8, 4) is 11.1 Å². The summed E-state index contributed by atoms with van der Waals surface area (Å²) >= 11 is 6.02. The molecule has 0 amide bonds.